The standard InChI is InChI=1S/C14H12ClF3N2O2S/c15-10-5-1-4-8-13(10)23(21,22)20-12-7-3-2-6-11(12)19-9-14(16,17)18/h1-8,19-20H,9H2. The molecule has 0 unspecified atom stereocenters. The first-order valence-electron chi connectivity index (χ1n) is 6.36. The van der Waals surface area contributed by atoms with Crippen molar-refractivity contribution in [1.82, 2.24) is 0 Å². The minimum absolute atomic E-state index is 0.00308. The van der Waals surface area contributed by atoms with Crippen LogP contribution in [-0.2, 0) is 10.0 Å². The molecular weight excluding hydrogens is 353 g/mol. The summed E-state index contributed by atoms with van der Waals surface area (Å²) in [5.74, 6) is 0. The number of nitrogens with one attached hydrogen (secondary N) is 2. The number of alkyl halides is 3. The predicted octanol–water partition coefficient (Wildman–Crippen LogP) is 4.12. The van der Waals surface area contributed by atoms with Crippen molar-refractivity contribution in [3.63, 3.8) is 0 Å². The maximum absolute atomic E-state index is 12.3. The van der Waals surface area contributed by atoms with Crippen molar-refractivity contribution in [2.75, 3.05) is 16.6 Å². The lowest BCUT2D eigenvalue weighted by molar-refractivity contribution is -0.115. The van der Waals surface area contributed by atoms with Crippen LogP contribution in [0.15, 0.2) is 53.4 Å². The Morgan fingerprint density at radius 2 is 1.52 bits per heavy atom. The van der Waals surface area contributed by atoms with Crippen LogP contribution in [-0.4, -0.2) is 21.1 Å². The van der Waals surface area contributed by atoms with Gasteiger partial charge in [0.25, 0.3) is 10.0 Å². The van der Waals surface area contributed by atoms with E-state index in [0.717, 1.165) is 0 Å². The van der Waals surface area contributed by atoms with Crippen LogP contribution in [0, 0.1) is 0 Å². The molecule has 23 heavy (non-hydrogen) atoms. The molecule has 0 bridgehead atoms. The molecule has 0 atom stereocenters. The number of hydrogen-bond acceptors (Lipinski definition) is 3. The first-order valence-corrected chi connectivity index (χ1v) is 8.22. The highest BCUT2D eigenvalue weighted by Gasteiger charge is 2.27. The Morgan fingerprint density at radius 1 is 0.957 bits per heavy atom. The van der Waals surface area contributed by atoms with Gasteiger partial charge in [0.15, 0.2) is 0 Å². The van der Waals surface area contributed by atoms with Crippen molar-refractivity contribution in [2.45, 2.75) is 11.1 Å². The van der Waals surface area contributed by atoms with Gasteiger partial charge in [-0.15, -0.1) is 0 Å². The first-order chi connectivity index (χ1) is 10.7. The van der Waals surface area contributed by atoms with Crippen molar-refractivity contribution in [3.05, 3.63) is 53.6 Å². The van der Waals surface area contributed by atoms with Crippen LogP contribution in [0.1, 0.15) is 0 Å². The third-order valence-electron chi connectivity index (χ3n) is 2.78. The molecular formula is C14H12ClF3N2O2S. The quantitative estimate of drug-likeness (QED) is 0.839. The van der Waals surface area contributed by atoms with E-state index in [1.165, 1.54) is 42.5 Å². The summed E-state index contributed by atoms with van der Waals surface area (Å²) in [4.78, 5) is -0.160. The molecule has 2 N–H and O–H groups in total. The summed E-state index contributed by atoms with van der Waals surface area (Å²) in [7, 11) is -4.02. The maximum Gasteiger partial charge on any atom is 0.405 e. The Kier molecular flexibility index (Phi) is 5.06. The molecule has 0 aromatic heterocycles. The van der Waals surface area contributed by atoms with Gasteiger partial charge in [-0.05, 0) is 24.3 Å². The SMILES string of the molecule is O=S(=O)(Nc1ccccc1NCC(F)(F)F)c1ccccc1Cl. The molecule has 0 heterocycles. The van der Waals surface area contributed by atoms with E-state index in [1.807, 2.05) is 0 Å². The molecule has 0 aliphatic carbocycles. The Bertz CT molecular complexity index is 795. The molecule has 9 heteroatoms. The zero-order valence-corrected chi connectivity index (χ0v) is 13.1. The summed E-state index contributed by atoms with van der Waals surface area (Å²) in [6.07, 6.45) is -4.42. The van der Waals surface area contributed by atoms with Crippen LogP contribution in [0.25, 0.3) is 0 Å². The zero-order valence-electron chi connectivity index (χ0n) is 11.6. The van der Waals surface area contributed by atoms with E-state index in [0.29, 0.717) is 0 Å². The van der Waals surface area contributed by atoms with Gasteiger partial charge in [-0.25, -0.2) is 8.42 Å². The summed E-state index contributed by atoms with van der Waals surface area (Å²) in [5, 5.41) is 2.17. The molecule has 2 rings (SSSR count). The third kappa shape index (κ3) is 4.77. The van der Waals surface area contributed by atoms with Gasteiger partial charge >= 0.3 is 6.18 Å². The molecule has 0 amide bonds. The van der Waals surface area contributed by atoms with Gasteiger partial charge in [-0.1, -0.05) is 35.9 Å². The van der Waals surface area contributed by atoms with Crippen LogP contribution < -0.4 is 10.0 Å². The lowest BCUT2D eigenvalue weighted by Crippen LogP contribution is -2.22. The molecule has 0 aliphatic rings. The van der Waals surface area contributed by atoms with Crippen molar-refractivity contribution in [3.8, 4) is 0 Å². The molecule has 0 spiro atoms. The Balaban J connectivity index is 2.28. The molecule has 0 radical (unpaired) electrons. The number of anilines is 2. The molecule has 0 saturated carbocycles. The second-order valence-electron chi connectivity index (χ2n) is 4.55. The van der Waals surface area contributed by atoms with Crippen molar-refractivity contribution in [1.29, 1.82) is 0 Å². The molecule has 2 aromatic rings. The highest BCUT2D eigenvalue weighted by atomic mass is 35.5. The van der Waals surface area contributed by atoms with Crippen LogP contribution >= 0.6 is 11.6 Å². The molecule has 2 aromatic carbocycles. The van der Waals surface area contributed by atoms with E-state index in [-0.39, 0.29) is 21.3 Å². The molecule has 0 fully saturated rings. The van der Waals surface area contributed by atoms with Gasteiger partial charge in [0, 0.05) is 0 Å². The van der Waals surface area contributed by atoms with Gasteiger partial charge in [-0.2, -0.15) is 13.2 Å². The zero-order chi connectivity index (χ0) is 17.1. The fraction of sp³-hybridized carbons (Fsp3) is 0.143. The summed E-state index contributed by atoms with van der Waals surface area (Å²) in [6.45, 7) is -1.28. The lowest BCUT2D eigenvalue weighted by Gasteiger charge is -2.15. The number of para-hydroxylation sites is 2. The van der Waals surface area contributed by atoms with E-state index in [1.54, 1.807) is 6.07 Å². The van der Waals surface area contributed by atoms with Gasteiger partial charge in [0.1, 0.15) is 11.4 Å². The highest BCUT2D eigenvalue weighted by molar-refractivity contribution is 7.92. The average molecular weight is 365 g/mol. The monoisotopic (exact) mass is 364 g/mol. The summed E-state index contributed by atoms with van der Waals surface area (Å²) >= 11 is 5.85. The molecule has 0 aliphatic heterocycles. The molecule has 0 saturated heterocycles. The summed E-state index contributed by atoms with van der Waals surface area (Å²) in [6, 6.07) is 11.5. The van der Waals surface area contributed by atoms with Gasteiger partial charge in [0.2, 0.25) is 0 Å². The van der Waals surface area contributed by atoms with Gasteiger partial charge in [-0.3, -0.25) is 4.72 Å². The minimum Gasteiger partial charge on any atom is -0.375 e. The number of rotatable bonds is 5. The normalized spacial score (nSPS) is 12.0. The minimum atomic E-state index is -4.42. The van der Waals surface area contributed by atoms with Crippen LogP contribution in [0.4, 0.5) is 24.5 Å². The van der Waals surface area contributed by atoms with Crippen molar-refractivity contribution in [2.24, 2.45) is 0 Å². The summed E-state index contributed by atoms with van der Waals surface area (Å²) in [5.41, 5.74) is 0.0112. The largest absolute Gasteiger partial charge is 0.405 e. The number of hydrogen-bond donors (Lipinski definition) is 2. The van der Waals surface area contributed by atoms with Gasteiger partial charge in [0.05, 0.1) is 16.4 Å². The van der Waals surface area contributed by atoms with Crippen molar-refractivity contribution >= 4 is 33.0 Å². The second kappa shape index (κ2) is 6.67. The topological polar surface area (TPSA) is 58.2 Å². The van der Waals surface area contributed by atoms with Crippen LogP contribution in [0.3, 0.4) is 0 Å². The Morgan fingerprint density at radius 3 is 2.13 bits per heavy atom. The predicted molar refractivity (Wildman–Crippen MR) is 83.2 cm³/mol. The number of sulfonamides is 1. The average Bonchev–Trinajstić information content (AvgIpc) is 2.45. The Labute approximate surface area is 136 Å². The van der Waals surface area contributed by atoms with E-state index in [4.69, 9.17) is 11.6 Å². The van der Waals surface area contributed by atoms with E-state index >= 15 is 0 Å². The maximum atomic E-state index is 12.3. The van der Waals surface area contributed by atoms with E-state index in [2.05, 4.69) is 10.0 Å². The molecule has 4 nitrogen and oxygen atoms in total. The van der Waals surface area contributed by atoms with Crippen LogP contribution in [0.2, 0.25) is 5.02 Å². The molecule has 124 valence electrons. The first kappa shape index (κ1) is 17.4. The lowest BCUT2D eigenvalue weighted by atomic mass is 10.3. The Hall–Kier alpha value is -1.93. The van der Waals surface area contributed by atoms with Gasteiger partial charge < -0.3 is 5.32 Å². The fourth-order valence-electron chi connectivity index (χ4n) is 1.78. The number of halogens is 4. The van der Waals surface area contributed by atoms with E-state index < -0.39 is 22.7 Å². The van der Waals surface area contributed by atoms with E-state index in [9.17, 15) is 21.6 Å². The number of benzene rings is 2. The second-order valence-corrected chi connectivity index (χ2v) is 6.61. The fourth-order valence-corrected chi connectivity index (χ4v) is 3.38. The van der Waals surface area contributed by atoms with Crippen LogP contribution in [0.5, 0.6) is 0 Å². The highest BCUT2D eigenvalue weighted by Crippen LogP contribution is 2.28. The third-order valence-corrected chi connectivity index (χ3v) is 4.64. The summed E-state index contributed by atoms with van der Waals surface area (Å²) < 4.78 is 63.8. The van der Waals surface area contributed by atoms with Crippen molar-refractivity contribution < 1.29 is 21.6 Å². The smallest absolute Gasteiger partial charge is 0.375 e.